The van der Waals surface area contributed by atoms with Crippen molar-refractivity contribution in [2.45, 2.75) is 38.9 Å². The molecule has 1 N–H and O–H groups in total. The fraction of sp³-hybridized carbons (Fsp3) is 0.917. The van der Waals surface area contributed by atoms with Gasteiger partial charge in [0.1, 0.15) is 0 Å². The van der Waals surface area contributed by atoms with Crippen molar-refractivity contribution in [2.24, 2.45) is 5.41 Å². The number of hydrogen-bond acceptors (Lipinski definition) is 4. The van der Waals surface area contributed by atoms with E-state index >= 15 is 0 Å². The molecule has 0 radical (unpaired) electrons. The first-order valence-electron chi connectivity index (χ1n) is 6.16. The molecule has 0 aromatic heterocycles. The van der Waals surface area contributed by atoms with Crippen LogP contribution in [-0.4, -0.2) is 54.5 Å². The lowest BCUT2D eigenvalue weighted by atomic mass is 9.90. The Morgan fingerprint density at radius 2 is 1.94 bits per heavy atom. The molecule has 1 unspecified atom stereocenters. The van der Waals surface area contributed by atoms with Gasteiger partial charge in [-0.1, -0.05) is 0 Å². The van der Waals surface area contributed by atoms with Crippen LogP contribution >= 0.6 is 0 Å². The Bertz CT molecular complexity index is 424. The zero-order valence-electron chi connectivity index (χ0n) is 11.6. The standard InChI is InChI=1S/C12H23NO4S/c1-11(2,3)18(16,17)8-7-13-6-5-12(4,9-13)10(14)15/h5-9H2,1-4H3,(H,14,15). The second kappa shape index (κ2) is 4.81. The summed E-state index contributed by atoms with van der Waals surface area (Å²) in [4.78, 5) is 13.0. The fourth-order valence-electron chi connectivity index (χ4n) is 1.98. The second-order valence-corrected chi connectivity index (χ2v) is 9.19. The number of sulfone groups is 1. The molecule has 1 atom stereocenters. The minimum Gasteiger partial charge on any atom is -0.481 e. The second-order valence-electron chi connectivity index (χ2n) is 6.32. The smallest absolute Gasteiger partial charge is 0.310 e. The minimum absolute atomic E-state index is 0.0895. The molecule has 5 nitrogen and oxygen atoms in total. The highest BCUT2D eigenvalue weighted by molar-refractivity contribution is 7.92. The van der Waals surface area contributed by atoms with Gasteiger partial charge in [0.25, 0.3) is 0 Å². The van der Waals surface area contributed by atoms with Crippen molar-refractivity contribution in [2.75, 3.05) is 25.4 Å². The molecule has 1 saturated heterocycles. The van der Waals surface area contributed by atoms with Gasteiger partial charge >= 0.3 is 5.97 Å². The summed E-state index contributed by atoms with van der Waals surface area (Å²) in [7, 11) is -3.13. The maximum atomic E-state index is 12.0. The predicted octanol–water partition coefficient (Wildman–Crippen LogP) is 0.996. The maximum Gasteiger partial charge on any atom is 0.310 e. The molecule has 106 valence electrons. The van der Waals surface area contributed by atoms with E-state index in [1.54, 1.807) is 27.7 Å². The van der Waals surface area contributed by atoms with Gasteiger partial charge in [-0.25, -0.2) is 8.42 Å². The zero-order valence-corrected chi connectivity index (χ0v) is 12.4. The van der Waals surface area contributed by atoms with Gasteiger partial charge in [0.2, 0.25) is 0 Å². The van der Waals surface area contributed by atoms with Gasteiger partial charge < -0.3 is 10.0 Å². The van der Waals surface area contributed by atoms with E-state index in [2.05, 4.69) is 0 Å². The molecule has 0 amide bonds. The van der Waals surface area contributed by atoms with Gasteiger partial charge in [0.15, 0.2) is 9.84 Å². The molecule has 0 bridgehead atoms. The Morgan fingerprint density at radius 3 is 2.33 bits per heavy atom. The van der Waals surface area contributed by atoms with Crippen molar-refractivity contribution >= 4 is 15.8 Å². The predicted molar refractivity (Wildman–Crippen MR) is 70.3 cm³/mol. The van der Waals surface area contributed by atoms with E-state index in [0.29, 0.717) is 26.1 Å². The molecule has 0 aliphatic carbocycles. The average molecular weight is 277 g/mol. The summed E-state index contributed by atoms with van der Waals surface area (Å²) >= 11 is 0. The van der Waals surface area contributed by atoms with E-state index in [4.69, 9.17) is 5.11 Å². The molecule has 0 aromatic carbocycles. The van der Waals surface area contributed by atoms with Gasteiger partial charge in [0, 0.05) is 13.1 Å². The topological polar surface area (TPSA) is 74.7 Å². The van der Waals surface area contributed by atoms with Crippen LogP contribution in [0.3, 0.4) is 0 Å². The minimum atomic E-state index is -3.13. The summed E-state index contributed by atoms with van der Waals surface area (Å²) < 4.78 is 23.2. The zero-order chi connectivity index (χ0) is 14.2. The third-order valence-electron chi connectivity index (χ3n) is 3.68. The van der Waals surface area contributed by atoms with Crippen LogP contribution in [0.1, 0.15) is 34.1 Å². The lowest BCUT2D eigenvalue weighted by Gasteiger charge is -2.23. The number of rotatable bonds is 4. The van der Waals surface area contributed by atoms with E-state index in [0.717, 1.165) is 0 Å². The number of likely N-dealkylation sites (tertiary alicyclic amines) is 1. The molecular formula is C12H23NO4S. The molecule has 1 rings (SSSR count). The number of carboxylic acid groups (broad SMARTS) is 1. The first-order valence-corrected chi connectivity index (χ1v) is 7.81. The van der Waals surface area contributed by atoms with E-state index < -0.39 is 26.0 Å². The lowest BCUT2D eigenvalue weighted by molar-refractivity contribution is -0.147. The molecule has 0 saturated carbocycles. The Labute approximate surface area is 109 Å². The molecule has 1 heterocycles. The summed E-state index contributed by atoms with van der Waals surface area (Å²) in [5, 5.41) is 9.10. The highest BCUT2D eigenvalue weighted by Gasteiger charge is 2.40. The highest BCUT2D eigenvalue weighted by Crippen LogP contribution is 2.30. The molecule has 1 aliphatic rings. The molecular weight excluding hydrogens is 254 g/mol. The van der Waals surface area contributed by atoms with Crippen molar-refractivity contribution < 1.29 is 18.3 Å². The quantitative estimate of drug-likeness (QED) is 0.829. The summed E-state index contributed by atoms with van der Waals surface area (Å²) in [5.74, 6) is -0.713. The van der Waals surface area contributed by atoms with E-state index in [-0.39, 0.29) is 5.75 Å². The SMILES string of the molecule is CC1(C(=O)O)CCN(CCS(=O)(=O)C(C)(C)C)C1. The normalized spacial score (nSPS) is 26.4. The Morgan fingerprint density at radius 1 is 1.39 bits per heavy atom. The summed E-state index contributed by atoms with van der Waals surface area (Å²) in [5.41, 5.74) is -0.731. The number of aliphatic carboxylic acids is 1. The summed E-state index contributed by atoms with van der Waals surface area (Å²) in [6, 6.07) is 0. The van der Waals surface area contributed by atoms with E-state index in [9.17, 15) is 13.2 Å². The average Bonchev–Trinajstić information content (AvgIpc) is 2.57. The first-order chi connectivity index (χ1) is 7.98. The van der Waals surface area contributed by atoms with Gasteiger partial charge in [-0.15, -0.1) is 0 Å². The monoisotopic (exact) mass is 277 g/mol. The molecule has 1 fully saturated rings. The number of nitrogens with zero attached hydrogens (tertiary/aromatic N) is 1. The van der Waals surface area contributed by atoms with Gasteiger partial charge in [0.05, 0.1) is 15.9 Å². The van der Waals surface area contributed by atoms with Crippen LogP contribution in [0.25, 0.3) is 0 Å². The fourth-order valence-corrected chi connectivity index (χ4v) is 3.09. The van der Waals surface area contributed by atoms with Crippen molar-refractivity contribution in [1.29, 1.82) is 0 Å². The Hall–Kier alpha value is -0.620. The van der Waals surface area contributed by atoms with Crippen LogP contribution in [0, 0.1) is 5.41 Å². The van der Waals surface area contributed by atoms with Crippen LogP contribution in [0.2, 0.25) is 0 Å². The third kappa shape index (κ3) is 3.23. The number of hydrogen-bond donors (Lipinski definition) is 1. The molecule has 0 aromatic rings. The van der Waals surface area contributed by atoms with Crippen LogP contribution in [-0.2, 0) is 14.6 Å². The van der Waals surface area contributed by atoms with Crippen molar-refractivity contribution in [1.82, 2.24) is 4.90 Å². The van der Waals surface area contributed by atoms with Crippen LogP contribution < -0.4 is 0 Å². The molecule has 0 spiro atoms. The molecule has 1 aliphatic heterocycles. The van der Waals surface area contributed by atoms with Crippen molar-refractivity contribution in [3.63, 3.8) is 0 Å². The molecule has 6 heteroatoms. The van der Waals surface area contributed by atoms with Crippen molar-refractivity contribution in [3.05, 3.63) is 0 Å². The van der Waals surface area contributed by atoms with Crippen LogP contribution in [0.4, 0.5) is 0 Å². The van der Waals surface area contributed by atoms with Crippen LogP contribution in [0.5, 0.6) is 0 Å². The highest BCUT2D eigenvalue weighted by atomic mass is 32.2. The Balaban J connectivity index is 2.56. The van der Waals surface area contributed by atoms with E-state index in [1.807, 2.05) is 4.90 Å². The summed E-state index contributed by atoms with van der Waals surface area (Å²) in [6.07, 6.45) is 0.581. The maximum absolute atomic E-state index is 12.0. The third-order valence-corrected chi connectivity index (χ3v) is 6.26. The first kappa shape index (κ1) is 15.4. The van der Waals surface area contributed by atoms with Crippen LogP contribution in [0.15, 0.2) is 0 Å². The van der Waals surface area contributed by atoms with Crippen molar-refractivity contribution in [3.8, 4) is 0 Å². The number of carbonyl (C=O) groups is 1. The molecule has 18 heavy (non-hydrogen) atoms. The van der Waals surface area contributed by atoms with Gasteiger partial charge in [-0.3, -0.25) is 4.79 Å². The summed E-state index contributed by atoms with van der Waals surface area (Å²) in [6.45, 7) is 8.29. The Kier molecular flexibility index (Phi) is 4.13. The van der Waals surface area contributed by atoms with Gasteiger partial charge in [-0.05, 0) is 40.7 Å². The number of carboxylic acids is 1. The lowest BCUT2D eigenvalue weighted by Crippen LogP contribution is -2.37. The van der Waals surface area contributed by atoms with E-state index in [1.165, 1.54) is 0 Å². The largest absolute Gasteiger partial charge is 0.481 e. The van der Waals surface area contributed by atoms with Gasteiger partial charge in [-0.2, -0.15) is 0 Å².